The molecule has 0 atom stereocenters. The molecule has 0 aliphatic heterocycles. The van der Waals surface area contributed by atoms with E-state index in [-0.39, 0.29) is 6.61 Å². The van der Waals surface area contributed by atoms with E-state index in [2.05, 4.69) is 4.74 Å². The Morgan fingerprint density at radius 2 is 1.52 bits per heavy atom. The Labute approximate surface area is 128 Å². The Hall–Kier alpha value is -2.20. The van der Waals surface area contributed by atoms with Crippen molar-refractivity contribution in [3.63, 3.8) is 0 Å². The van der Waals surface area contributed by atoms with Gasteiger partial charge < -0.3 is 14.2 Å². The summed E-state index contributed by atoms with van der Waals surface area (Å²) >= 11 is 5.82. The summed E-state index contributed by atoms with van der Waals surface area (Å²) in [6.45, 7) is 0.348. The topological polar surface area (TPSA) is 44.8 Å². The lowest BCUT2D eigenvalue weighted by Crippen LogP contribution is -2.12. The van der Waals surface area contributed by atoms with E-state index in [9.17, 15) is 4.79 Å². The summed E-state index contributed by atoms with van der Waals surface area (Å²) in [5.74, 6) is 0.882. The molecule has 0 aliphatic carbocycles. The first-order valence-corrected chi connectivity index (χ1v) is 6.72. The van der Waals surface area contributed by atoms with E-state index in [1.165, 1.54) is 7.11 Å². The number of esters is 1. The average molecular weight is 307 g/mol. The normalized spacial score (nSPS) is 10.0. The zero-order chi connectivity index (χ0) is 15.1. The third kappa shape index (κ3) is 5.00. The molecule has 2 aromatic rings. The molecule has 0 amide bonds. The molecule has 110 valence electrons. The van der Waals surface area contributed by atoms with Gasteiger partial charge in [-0.25, -0.2) is 4.79 Å². The van der Waals surface area contributed by atoms with Crippen LogP contribution < -0.4 is 9.47 Å². The van der Waals surface area contributed by atoms with Gasteiger partial charge in [0.05, 0.1) is 7.11 Å². The molecule has 0 unspecified atom stereocenters. The van der Waals surface area contributed by atoms with Crippen LogP contribution in [0.15, 0.2) is 48.5 Å². The fourth-order valence-electron chi connectivity index (χ4n) is 1.58. The fourth-order valence-corrected chi connectivity index (χ4v) is 1.71. The molecule has 5 heteroatoms. The van der Waals surface area contributed by atoms with Gasteiger partial charge in [-0.05, 0) is 42.0 Å². The molecule has 0 saturated carbocycles. The summed E-state index contributed by atoms with van der Waals surface area (Å²) in [5, 5.41) is 0.700. The predicted octanol–water partition coefficient (Wildman–Crippen LogP) is 3.47. The molecule has 0 aliphatic rings. The van der Waals surface area contributed by atoms with Crippen LogP contribution in [0.5, 0.6) is 11.5 Å². The highest BCUT2D eigenvalue weighted by atomic mass is 35.5. The van der Waals surface area contributed by atoms with Crippen LogP contribution in [0.2, 0.25) is 5.02 Å². The number of benzene rings is 2. The first-order chi connectivity index (χ1) is 10.2. The van der Waals surface area contributed by atoms with Gasteiger partial charge in [-0.3, -0.25) is 0 Å². The van der Waals surface area contributed by atoms with E-state index >= 15 is 0 Å². The van der Waals surface area contributed by atoms with Gasteiger partial charge in [0.1, 0.15) is 18.1 Å². The van der Waals surface area contributed by atoms with Crippen LogP contribution in [0.1, 0.15) is 5.56 Å². The highest BCUT2D eigenvalue weighted by Crippen LogP contribution is 2.19. The third-order valence-corrected chi connectivity index (χ3v) is 2.98. The summed E-state index contributed by atoms with van der Waals surface area (Å²) in [7, 11) is 1.32. The van der Waals surface area contributed by atoms with Crippen molar-refractivity contribution in [2.75, 3.05) is 13.7 Å². The van der Waals surface area contributed by atoms with Crippen molar-refractivity contribution in [2.24, 2.45) is 0 Å². The maximum absolute atomic E-state index is 11.0. The van der Waals surface area contributed by atoms with Gasteiger partial charge in [0.15, 0.2) is 6.61 Å². The maximum atomic E-state index is 11.0. The molecule has 0 bridgehead atoms. The molecule has 0 aromatic heterocycles. The lowest BCUT2D eigenvalue weighted by atomic mass is 10.2. The lowest BCUT2D eigenvalue weighted by Gasteiger charge is -2.08. The van der Waals surface area contributed by atoms with Crippen LogP contribution in [-0.2, 0) is 16.1 Å². The van der Waals surface area contributed by atoms with Crippen molar-refractivity contribution in [2.45, 2.75) is 6.61 Å². The predicted molar refractivity (Wildman–Crippen MR) is 79.7 cm³/mol. The van der Waals surface area contributed by atoms with E-state index in [4.69, 9.17) is 21.1 Å². The Balaban J connectivity index is 1.84. The number of carbonyl (C=O) groups excluding carboxylic acids is 1. The molecule has 21 heavy (non-hydrogen) atoms. The SMILES string of the molecule is COC(=O)COc1ccc(OCc2ccc(Cl)cc2)cc1. The average Bonchev–Trinajstić information content (AvgIpc) is 2.53. The smallest absolute Gasteiger partial charge is 0.343 e. The van der Waals surface area contributed by atoms with Crippen LogP contribution in [0.3, 0.4) is 0 Å². The molecular formula is C16H15ClO4. The molecule has 0 N–H and O–H groups in total. The molecular weight excluding hydrogens is 292 g/mol. The van der Waals surface area contributed by atoms with Gasteiger partial charge in [0.2, 0.25) is 0 Å². The quantitative estimate of drug-likeness (QED) is 0.767. The summed E-state index contributed by atoms with van der Waals surface area (Å²) in [4.78, 5) is 11.0. The summed E-state index contributed by atoms with van der Waals surface area (Å²) in [6.07, 6.45) is 0. The summed E-state index contributed by atoms with van der Waals surface area (Å²) < 4.78 is 15.4. The molecule has 4 nitrogen and oxygen atoms in total. The zero-order valence-electron chi connectivity index (χ0n) is 11.5. The monoisotopic (exact) mass is 306 g/mol. The van der Waals surface area contributed by atoms with Gasteiger partial charge in [-0.2, -0.15) is 0 Å². The summed E-state index contributed by atoms with van der Waals surface area (Å²) in [6, 6.07) is 14.5. The Kier molecular flexibility index (Phi) is 5.46. The first-order valence-electron chi connectivity index (χ1n) is 6.34. The van der Waals surface area contributed by atoms with Gasteiger partial charge in [-0.1, -0.05) is 23.7 Å². The number of halogens is 1. The highest BCUT2D eigenvalue weighted by Gasteiger charge is 2.02. The first kappa shape index (κ1) is 15.2. The van der Waals surface area contributed by atoms with Gasteiger partial charge in [0.25, 0.3) is 0 Å². The zero-order valence-corrected chi connectivity index (χ0v) is 12.3. The van der Waals surface area contributed by atoms with Gasteiger partial charge in [0, 0.05) is 5.02 Å². The molecule has 0 saturated heterocycles. The number of hydrogen-bond acceptors (Lipinski definition) is 4. The van der Waals surface area contributed by atoms with Crippen LogP contribution >= 0.6 is 11.6 Å². The van der Waals surface area contributed by atoms with E-state index < -0.39 is 5.97 Å². The minimum absolute atomic E-state index is 0.110. The second-order valence-electron chi connectivity index (χ2n) is 4.25. The molecule has 0 fully saturated rings. The molecule has 0 heterocycles. The number of rotatable bonds is 6. The molecule has 0 spiro atoms. The van der Waals surface area contributed by atoms with Crippen LogP contribution in [0.4, 0.5) is 0 Å². The third-order valence-electron chi connectivity index (χ3n) is 2.73. The van der Waals surface area contributed by atoms with Crippen molar-refractivity contribution < 1.29 is 19.0 Å². The minimum Gasteiger partial charge on any atom is -0.489 e. The highest BCUT2D eigenvalue weighted by molar-refractivity contribution is 6.30. The maximum Gasteiger partial charge on any atom is 0.343 e. The van der Waals surface area contributed by atoms with Crippen molar-refractivity contribution >= 4 is 17.6 Å². The minimum atomic E-state index is -0.418. The Bertz CT molecular complexity index is 578. The van der Waals surface area contributed by atoms with E-state index in [1.807, 2.05) is 24.3 Å². The lowest BCUT2D eigenvalue weighted by molar-refractivity contribution is -0.142. The molecule has 2 aromatic carbocycles. The number of ether oxygens (including phenoxy) is 3. The molecule has 0 radical (unpaired) electrons. The fraction of sp³-hybridized carbons (Fsp3) is 0.188. The van der Waals surface area contributed by atoms with Crippen molar-refractivity contribution in [1.82, 2.24) is 0 Å². The molecule has 2 rings (SSSR count). The standard InChI is InChI=1S/C16H15ClO4/c1-19-16(18)11-21-15-8-6-14(7-9-15)20-10-12-2-4-13(17)5-3-12/h2-9H,10-11H2,1H3. The number of carbonyl (C=O) groups is 1. The van der Waals surface area contributed by atoms with E-state index in [0.717, 1.165) is 11.3 Å². The van der Waals surface area contributed by atoms with Crippen LogP contribution in [-0.4, -0.2) is 19.7 Å². The Morgan fingerprint density at radius 1 is 0.952 bits per heavy atom. The van der Waals surface area contributed by atoms with Crippen LogP contribution in [0.25, 0.3) is 0 Å². The Morgan fingerprint density at radius 3 is 2.10 bits per heavy atom. The van der Waals surface area contributed by atoms with Crippen molar-refractivity contribution in [3.8, 4) is 11.5 Å². The van der Waals surface area contributed by atoms with E-state index in [0.29, 0.717) is 17.4 Å². The van der Waals surface area contributed by atoms with Crippen molar-refractivity contribution in [1.29, 1.82) is 0 Å². The second kappa shape index (κ2) is 7.55. The summed E-state index contributed by atoms with van der Waals surface area (Å²) in [5.41, 5.74) is 1.03. The largest absolute Gasteiger partial charge is 0.489 e. The second-order valence-corrected chi connectivity index (χ2v) is 4.69. The number of hydrogen-bond donors (Lipinski definition) is 0. The van der Waals surface area contributed by atoms with Crippen LogP contribution in [0, 0.1) is 0 Å². The van der Waals surface area contributed by atoms with Crippen molar-refractivity contribution in [3.05, 3.63) is 59.1 Å². The van der Waals surface area contributed by atoms with Gasteiger partial charge in [-0.15, -0.1) is 0 Å². The van der Waals surface area contributed by atoms with Gasteiger partial charge >= 0.3 is 5.97 Å². The van der Waals surface area contributed by atoms with E-state index in [1.54, 1.807) is 24.3 Å². The number of methoxy groups -OCH3 is 1.